The van der Waals surface area contributed by atoms with Crippen LogP contribution in [0.2, 0.25) is 0 Å². The van der Waals surface area contributed by atoms with Crippen molar-refractivity contribution in [1.29, 1.82) is 5.26 Å². The Morgan fingerprint density at radius 3 is 2.56 bits per heavy atom. The smallest absolute Gasteiger partial charge is 0.254 e. The summed E-state index contributed by atoms with van der Waals surface area (Å²) in [5, 5.41) is 27.1. The van der Waals surface area contributed by atoms with Crippen LogP contribution in [0.4, 0.5) is 0 Å². The fourth-order valence-electron chi connectivity index (χ4n) is 1.59. The minimum atomic E-state index is -0.329. The molecule has 1 aromatic carbocycles. The van der Waals surface area contributed by atoms with Crippen molar-refractivity contribution in [3.63, 3.8) is 0 Å². The molecule has 96 valence electrons. The van der Waals surface area contributed by atoms with E-state index in [0.29, 0.717) is 6.54 Å². The molecule has 0 aliphatic heterocycles. The van der Waals surface area contributed by atoms with Crippen molar-refractivity contribution in [3.05, 3.63) is 23.8 Å². The van der Waals surface area contributed by atoms with Gasteiger partial charge in [0, 0.05) is 18.2 Å². The van der Waals surface area contributed by atoms with Crippen LogP contribution in [0.5, 0.6) is 11.5 Å². The lowest BCUT2D eigenvalue weighted by molar-refractivity contribution is 0.0710. The van der Waals surface area contributed by atoms with Crippen molar-refractivity contribution < 1.29 is 15.0 Å². The number of phenolic OH excluding ortho intramolecular Hbond substituents is 2. The number of rotatable bonds is 4. The summed E-state index contributed by atoms with van der Waals surface area (Å²) in [5.74, 6) is -0.861. The molecule has 0 aliphatic rings. The highest BCUT2D eigenvalue weighted by Gasteiger charge is 2.19. The van der Waals surface area contributed by atoms with Gasteiger partial charge in [0.25, 0.3) is 5.91 Å². The predicted octanol–water partition coefficient (Wildman–Crippen LogP) is 1.86. The molecule has 0 fully saturated rings. The number of aromatic hydroxyl groups is 2. The first-order valence-electron chi connectivity index (χ1n) is 5.67. The van der Waals surface area contributed by atoms with Gasteiger partial charge in [0.05, 0.1) is 12.5 Å². The summed E-state index contributed by atoms with van der Waals surface area (Å²) in [6, 6.07) is 5.89. The summed E-state index contributed by atoms with van der Waals surface area (Å²) in [6.07, 6.45) is 0.258. The Kier molecular flexibility index (Phi) is 4.55. The van der Waals surface area contributed by atoms with E-state index < -0.39 is 0 Å². The van der Waals surface area contributed by atoms with Gasteiger partial charge in [-0.1, -0.05) is 0 Å². The van der Waals surface area contributed by atoms with Gasteiger partial charge < -0.3 is 15.1 Å². The Balaban J connectivity index is 2.95. The van der Waals surface area contributed by atoms with Crippen LogP contribution in [0.15, 0.2) is 18.2 Å². The van der Waals surface area contributed by atoms with Crippen molar-refractivity contribution in [2.75, 3.05) is 6.54 Å². The summed E-state index contributed by atoms with van der Waals surface area (Å²) in [4.78, 5) is 13.7. The van der Waals surface area contributed by atoms with E-state index in [1.165, 1.54) is 18.2 Å². The van der Waals surface area contributed by atoms with E-state index in [-0.39, 0.29) is 35.4 Å². The SMILES string of the molecule is CC(C)N(CCC#N)C(=O)c1ccc(O)c(O)c1. The Hall–Kier alpha value is -2.22. The molecule has 0 heterocycles. The fourth-order valence-corrected chi connectivity index (χ4v) is 1.59. The normalized spacial score (nSPS) is 10.1. The van der Waals surface area contributed by atoms with Gasteiger partial charge in [0.2, 0.25) is 0 Å². The van der Waals surface area contributed by atoms with Gasteiger partial charge in [0.1, 0.15) is 0 Å². The van der Waals surface area contributed by atoms with Crippen LogP contribution in [-0.4, -0.2) is 33.6 Å². The van der Waals surface area contributed by atoms with Crippen LogP contribution in [-0.2, 0) is 0 Å². The van der Waals surface area contributed by atoms with E-state index >= 15 is 0 Å². The average molecular weight is 248 g/mol. The second kappa shape index (κ2) is 5.92. The second-order valence-corrected chi connectivity index (χ2v) is 4.20. The Labute approximate surface area is 106 Å². The molecule has 1 aromatic rings. The van der Waals surface area contributed by atoms with Crippen LogP contribution in [0.25, 0.3) is 0 Å². The molecule has 1 amide bonds. The third kappa shape index (κ3) is 3.14. The summed E-state index contributed by atoms with van der Waals surface area (Å²) in [7, 11) is 0. The van der Waals surface area contributed by atoms with Crippen LogP contribution >= 0.6 is 0 Å². The highest BCUT2D eigenvalue weighted by atomic mass is 16.3. The van der Waals surface area contributed by atoms with Crippen LogP contribution < -0.4 is 0 Å². The number of hydrogen-bond donors (Lipinski definition) is 2. The van der Waals surface area contributed by atoms with Gasteiger partial charge in [-0.15, -0.1) is 0 Å². The van der Waals surface area contributed by atoms with Crippen LogP contribution in [0.3, 0.4) is 0 Å². The average Bonchev–Trinajstić information content (AvgIpc) is 2.32. The van der Waals surface area contributed by atoms with E-state index in [1.807, 2.05) is 19.9 Å². The highest BCUT2D eigenvalue weighted by molar-refractivity contribution is 5.95. The van der Waals surface area contributed by atoms with Crippen molar-refractivity contribution in [1.82, 2.24) is 4.90 Å². The van der Waals surface area contributed by atoms with E-state index in [4.69, 9.17) is 5.26 Å². The standard InChI is InChI=1S/C13H16N2O3/c1-9(2)15(7-3-6-14)13(18)10-4-5-11(16)12(17)8-10/h4-5,8-9,16-17H,3,7H2,1-2H3. The van der Waals surface area contributed by atoms with Gasteiger partial charge in [-0.25, -0.2) is 0 Å². The molecule has 0 aromatic heterocycles. The molecule has 2 N–H and O–H groups in total. The first-order chi connectivity index (χ1) is 8.47. The lowest BCUT2D eigenvalue weighted by Gasteiger charge is -2.26. The van der Waals surface area contributed by atoms with E-state index in [1.54, 1.807) is 4.90 Å². The third-order valence-corrected chi connectivity index (χ3v) is 2.57. The number of nitriles is 1. The largest absolute Gasteiger partial charge is 0.504 e. The molecule has 18 heavy (non-hydrogen) atoms. The fraction of sp³-hybridized carbons (Fsp3) is 0.385. The number of carbonyl (C=O) groups is 1. The molecule has 5 heteroatoms. The summed E-state index contributed by atoms with van der Waals surface area (Å²) >= 11 is 0. The quantitative estimate of drug-likeness (QED) is 0.796. The van der Waals surface area contributed by atoms with Crippen LogP contribution in [0, 0.1) is 11.3 Å². The molecule has 0 unspecified atom stereocenters. The minimum absolute atomic E-state index is 0.0400. The van der Waals surface area contributed by atoms with Crippen molar-refractivity contribution in [2.24, 2.45) is 0 Å². The topological polar surface area (TPSA) is 84.6 Å². The number of hydrogen-bond acceptors (Lipinski definition) is 4. The Bertz CT molecular complexity index is 478. The van der Waals surface area contributed by atoms with Gasteiger partial charge >= 0.3 is 0 Å². The third-order valence-electron chi connectivity index (χ3n) is 2.57. The van der Waals surface area contributed by atoms with Gasteiger partial charge in [-0.2, -0.15) is 5.26 Å². The molecular formula is C13H16N2O3. The predicted molar refractivity (Wildman–Crippen MR) is 66.2 cm³/mol. The van der Waals surface area contributed by atoms with E-state index in [9.17, 15) is 15.0 Å². The monoisotopic (exact) mass is 248 g/mol. The summed E-state index contributed by atoms with van der Waals surface area (Å²) in [5.41, 5.74) is 0.289. The molecular weight excluding hydrogens is 232 g/mol. The van der Waals surface area contributed by atoms with Crippen molar-refractivity contribution >= 4 is 5.91 Å². The first kappa shape index (κ1) is 13.8. The lowest BCUT2D eigenvalue weighted by Crippen LogP contribution is -2.37. The molecule has 0 spiro atoms. The lowest BCUT2D eigenvalue weighted by atomic mass is 10.1. The van der Waals surface area contributed by atoms with Crippen molar-refractivity contribution in [2.45, 2.75) is 26.3 Å². The van der Waals surface area contributed by atoms with Crippen molar-refractivity contribution in [3.8, 4) is 17.6 Å². The molecule has 0 atom stereocenters. The molecule has 0 bridgehead atoms. The maximum absolute atomic E-state index is 12.2. The number of amides is 1. The Morgan fingerprint density at radius 2 is 2.06 bits per heavy atom. The van der Waals surface area contributed by atoms with Gasteiger partial charge in [-0.3, -0.25) is 4.79 Å². The Morgan fingerprint density at radius 1 is 1.39 bits per heavy atom. The number of phenols is 2. The van der Waals surface area contributed by atoms with E-state index in [0.717, 1.165) is 0 Å². The minimum Gasteiger partial charge on any atom is -0.504 e. The molecule has 0 aliphatic carbocycles. The molecule has 0 saturated heterocycles. The number of carbonyl (C=O) groups excluding carboxylic acids is 1. The zero-order chi connectivity index (χ0) is 13.7. The first-order valence-corrected chi connectivity index (χ1v) is 5.67. The molecule has 5 nitrogen and oxygen atoms in total. The maximum atomic E-state index is 12.2. The summed E-state index contributed by atoms with van der Waals surface area (Å²) < 4.78 is 0. The van der Waals surface area contributed by atoms with Gasteiger partial charge in [0.15, 0.2) is 11.5 Å². The number of nitrogens with zero attached hydrogens (tertiary/aromatic N) is 2. The zero-order valence-corrected chi connectivity index (χ0v) is 10.4. The maximum Gasteiger partial charge on any atom is 0.254 e. The van der Waals surface area contributed by atoms with E-state index in [2.05, 4.69) is 0 Å². The van der Waals surface area contributed by atoms with Crippen LogP contribution in [0.1, 0.15) is 30.6 Å². The molecule has 0 radical (unpaired) electrons. The molecule has 0 saturated carbocycles. The summed E-state index contributed by atoms with van der Waals surface area (Å²) in [6.45, 7) is 4.06. The second-order valence-electron chi connectivity index (χ2n) is 4.20. The van der Waals surface area contributed by atoms with Gasteiger partial charge in [-0.05, 0) is 32.0 Å². The highest BCUT2D eigenvalue weighted by Crippen LogP contribution is 2.25. The zero-order valence-electron chi connectivity index (χ0n) is 10.4. The molecule has 1 rings (SSSR count). The number of benzene rings is 1.